The van der Waals surface area contributed by atoms with Crippen LogP contribution in [0.25, 0.3) is 0 Å². The van der Waals surface area contributed by atoms with Crippen molar-refractivity contribution in [2.45, 2.75) is 32.2 Å². The Kier molecular flexibility index (Phi) is 2.46. The molecule has 14 heavy (non-hydrogen) atoms. The minimum atomic E-state index is 0.0173. The van der Waals surface area contributed by atoms with E-state index in [1.807, 2.05) is 25.1 Å². The van der Waals surface area contributed by atoms with Crippen LogP contribution in [0.4, 0.5) is 0 Å². The Morgan fingerprint density at radius 1 is 1.43 bits per heavy atom. The highest BCUT2D eigenvalue weighted by Gasteiger charge is 2.27. The Morgan fingerprint density at radius 2 is 2.14 bits per heavy atom. The molecule has 76 valence electrons. The molecule has 0 spiro atoms. The molecule has 0 aliphatic heterocycles. The topological polar surface area (TPSA) is 46.2 Å². The summed E-state index contributed by atoms with van der Waals surface area (Å²) in [6, 6.07) is 5.82. The fourth-order valence-corrected chi connectivity index (χ4v) is 2.00. The number of rotatable bonds is 2. The summed E-state index contributed by atoms with van der Waals surface area (Å²) >= 11 is 0. The van der Waals surface area contributed by atoms with Crippen LogP contribution in [0.15, 0.2) is 18.2 Å². The summed E-state index contributed by atoms with van der Waals surface area (Å²) in [6.45, 7) is 1.91. The molecule has 3 N–H and O–H groups in total. The summed E-state index contributed by atoms with van der Waals surface area (Å²) in [5, 5.41) is 9.86. The lowest BCUT2D eigenvalue weighted by molar-refractivity contribution is 0.260. The minimum Gasteiger partial charge on any atom is -0.507 e. The predicted molar refractivity (Wildman–Crippen MR) is 57.1 cm³/mol. The molecule has 0 radical (unpaired) electrons. The van der Waals surface area contributed by atoms with Gasteiger partial charge >= 0.3 is 0 Å². The standard InChI is InChI=1S/C12H17NO/c1-8-4-2-7-10(12(8)14)11(13)9-5-3-6-9/h2,4,7,9,11,14H,3,5-6,13H2,1H3. The molecule has 1 fully saturated rings. The number of hydrogen-bond donors (Lipinski definition) is 2. The van der Waals surface area contributed by atoms with Crippen molar-refractivity contribution in [3.63, 3.8) is 0 Å². The smallest absolute Gasteiger partial charge is 0.123 e. The molecule has 0 bridgehead atoms. The van der Waals surface area contributed by atoms with Crippen molar-refractivity contribution in [1.29, 1.82) is 0 Å². The van der Waals surface area contributed by atoms with Crippen LogP contribution >= 0.6 is 0 Å². The number of phenols is 1. The average Bonchev–Trinajstić information content (AvgIpc) is 2.06. The first-order valence-corrected chi connectivity index (χ1v) is 5.24. The third-order valence-electron chi connectivity index (χ3n) is 3.29. The Morgan fingerprint density at radius 3 is 2.71 bits per heavy atom. The van der Waals surface area contributed by atoms with Crippen molar-refractivity contribution in [2.75, 3.05) is 0 Å². The van der Waals surface area contributed by atoms with Crippen molar-refractivity contribution in [2.24, 2.45) is 11.7 Å². The molecular formula is C12H17NO. The zero-order chi connectivity index (χ0) is 10.1. The molecular weight excluding hydrogens is 174 g/mol. The van der Waals surface area contributed by atoms with E-state index in [2.05, 4.69) is 0 Å². The quantitative estimate of drug-likeness (QED) is 0.754. The highest BCUT2D eigenvalue weighted by molar-refractivity contribution is 5.41. The van der Waals surface area contributed by atoms with Crippen LogP contribution in [-0.2, 0) is 0 Å². The van der Waals surface area contributed by atoms with Gasteiger partial charge in [0.05, 0.1) is 0 Å². The van der Waals surface area contributed by atoms with E-state index in [0.717, 1.165) is 11.1 Å². The number of aryl methyl sites for hydroxylation is 1. The van der Waals surface area contributed by atoms with Crippen LogP contribution in [0.3, 0.4) is 0 Å². The maximum Gasteiger partial charge on any atom is 0.123 e. The van der Waals surface area contributed by atoms with Crippen molar-refractivity contribution in [3.8, 4) is 5.75 Å². The summed E-state index contributed by atoms with van der Waals surface area (Å²) in [4.78, 5) is 0. The zero-order valence-corrected chi connectivity index (χ0v) is 8.53. The lowest BCUT2D eigenvalue weighted by Gasteiger charge is -2.31. The Hall–Kier alpha value is -1.02. The van der Waals surface area contributed by atoms with E-state index >= 15 is 0 Å². The van der Waals surface area contributed by atoms with E-state index in [0.29, 0.717) is 11.7 Å². The van der Waals surface area contributed by atoms with Gasteiger partial charge in [-0.3, -0.25) is 0 Å². The molecule has 0 amide bonds. The number of hydrogen-bond acceptors (Lipinski definition) is 2. The molecule has 1 aliphatic carbocycles. The monoisotopic (exact) mass is 191 g/mol. The van der Waals surface area contributed by atoms with Crippen LogP contribution in [0.2, 0.25) is 0 Å². The van der Waals surface area contributed by atoms with E-state index in [-0.39, 0.29) is 6.04 Å². The summed E-state index contributed by atoms with van der Waals surface area (Å²) in [7, 11) is 0. The fraction of sp³-hybridized carbons (Fsp3) is 0.500. The fourth-order valence-electron chi connectivity index (χ4n) is 2.00. The Bertz CT molecular complexity index is 331. The average molecular weight is 191 g/mol. The second-order valence-corrected chi connectivity index (χ2v) is 4.23. The molecule has 1 aliphatic rings. The van der Waals surface area contributed by atoms with Crippen LogP contribution in [-0.4, -0.2) is 5.11 Å². The molecule has 1 atom stereocenters. The summed E-state index contributed by atoms with van der Waals surface area (Å²) in [6.07, 6.45) is 3.69. The van der Waals surface area contributed by atoms with Crippen LogP contribution in [0.5, 0.6) is 5.75 Å². The van der Waals surface area contributed by atoms with Gasteiger partial charge in [-0.2, -0.15) is 0 Å². The predicted octanol–water partition coefficient (Wildman–Crippen LogP) is 2.50. The number of phenolic OH excluding ortho intramolecular Hbond substituents is 1. The molecule has 0 heterocycles. The maximum absolute atomic E-state index is 9.86. The van der Waals surface area contributed by atoms with Gasteiger partial charge in [0.2, 0.25) is 0 Å². The number of para-hydroxylation sites is 1. The van der Waals surface area contributed by atoms with Crippen LogP contribution in [0, 0.1) is 12.8 Å². The summed E-state index contributed by atoms with van der Waals surface area (Å²) in [5.41, 5.74) is 7.94. The molecule has 2 nitrogen and oxygen atoms in total. The van der Waals surface area contributed by atoms with Gasteiger partial charge in [-0.05, 0) is 31.2 Å². The van der Waals surface area contributed by atoms with Gasteiger partial charge in [0, 0.05) is 11.6 Å². The molecule has 1 aromatic rings. The molecule has 1 unspecified atom stereocenters. The van der Waals surface area contributed by atoms with Gasteiger partial charge < -0.3 is 10.8 Å². The summed E-state index contributed by atoms with van der Waals surface area (Å²) in [5.74, 6) is 0.953. The van der Waals surface area contributed by atoms with E-state index in [1.54, 1.807) is 0 Å². The first-order chi connectivity index (χ1) is 6.70. The largest absolute Gasteiger partial charge is 0.507 e. The van der Waals surface area contributed by atoms with Gasteiger partial charge in [-0.1, -0.05) is 24.6 Å². The second kappa shape index (κ2) is 3.62. The zero-order valence-electron chi connectivity index (χ0n) is 8.53. The van der Waals surface area contributed by atoms with Crippen LogP contribution < -0.4 is 5.73 Å². The van der Waals surface area contributed by atoms with E-state index in [1.165, 1.54) is 19.3 Å². The number of nitrogens with two attached hydrogens (primary N) is 1. The maximum atomic E-state index is 9.86. The lowest BCUT2D eigenvalue weighted by Crippen LogP contribution is -2.26. The highest BCUT2D eigenvalue weighted by Crippen LogP contribution is 2.39. The van der Waals surface area contributed by atoms with Crippen molar-refractivity contribution < 1.29 is 5.11 Å². The molecule has 0 saturated heterocycles. The van der Waals surface area contributed by atoms with Crippen molar-refractivity contribution in [1.82, 2.24) is 0 Å². The normalized spacial score (nSPS) is 19.0. The van der Waals surface area contributed by atoms with Crippen molar-refractivity contribution >= 4 is 0 Å². The first-order valence-electron chi connectivity index (χ1n) is 5.24. The SMILES string of the molecule is Cc1cccc(C(N)C2CCC2)c1O. The second-order valence-electron chi connectivity index (χ2n) is 4.23. The van der Waals surface area contributed by atoms with E-state index in [4.69, 9.17) is 5.73 Å². The molecule has 1 aromatic carbocycles. The Balaban J connectivity index is 2.26. The highest BCUT2D eigenvalue weighted by atomic mass is 16.3. The van der Waals surface area contributed by atoms with Gasteiger partial charge in [0.25, 0.3) is 0 Å². The molecule has 0 aromatic heterocycles. The molecule has 2 heteroatoms. The van der Waals surface area contributed by atoms with E-state index < -0.39 is 0 Å². The molecule has 2 rings (SSSR count). The third-order valence-corrected chi connectivity index (χ3v) is 3.29. The Labute approximate surface area is 84.7 Å². The van der Waals surface area contributed by atoms with Crippen LogP contribution in [0.1, 0.15) is 36.4 Å². The summed E-state index contributed by atoms with van der Waals surface area (Å²) < 4.78 is 0. The first kappa shape index (κ1) is 9.53. The van der Waals surface area contributed by atoms with Gasteiger partial charge in [-0.25, -0.2) is 0 Å². The lowest BCUT2D eigenvalue weighted by atomic mass is 9.77. The number of aromatic hydroxyl groups is 1. The number of benzene rings is 1. The molecule has 1 saturated carbocycles. The minimum absolute atomic E-state index is 0.0173. The van der Waals surface area contributed by atoms with Gasteiger partial charge in [-0.15, -0.1) is 0 Å². The third kappa shape index (κ3) is 1.50. The van der Waals surface area contributed by atoms with Gasteiger partial charge in [0.1, 0.15) is 5.75 Å². The van der Waals surface area contributed by atoms with Crippen molar-refractivity contribution in [3.05, 3.63) is 29.3 Å². The van der Waals surface area contributed by atoms with E-state index in [9.17, 15) is 5.11 Å². The van der Waals surface area contributed by atoms with Gasteiger partial charge in [0.15, 0.2) is 0 Å².